The van der Waals surface area contributed by atoms with Gasteiger partial charge in [0.05, 0.1) is 5.38 Å². The molecule has 0 radical (unpaired) electrons. The Morgan fingerprint density at radius 2 is 1.95 bits per heavy atom. The standard InChI is InChI=1S/C14H21ClN2O2/c1-8-6-11(13(19)9(2)15)10(3)17(8)14(4,5)7-12(16)18/h6,9H,7H2,1-5H3,(H2,16,18). The van der Waals surface area contributed by atoms with E-state index in [9.17, 15) is 9.59 Å². The molecule has 0 aliphatic heterocycles. The summed E-state index contributed by atoms with van der Waals surface area (Å²) in [6, 6.07) is 1.82. The quantitative estimate of drug-likeness (QED) is 0.667. The first kappa shape index (κ1) is 15.8. The van der Waals surface area contributed by atoms with Crippen LogP contribution in [0.3, 0.4) is 0 Å². The summed E-state index contributed by atoms with van der Waals surface area (Å²) in [4.78, 5) is 23.2. The van der Waals surface area contributed by atoms with Gasteiger partial charge < -0.3 is 10.3 Å². The van der Waals surface area contributed by atoms with Crippen LogP contribution in [0.15, 0.2) is 6.07 Å². The number of carbonyl (C=O) groups is 2. The molecule has 1 aromatic heterocycles. The van der Waals surface area contributed by atoms with Crippen molar-refractivity contribution in [3.63, 3.8) is 0 Å². The third kappa shape index (κ3) is 3.18. The smallest absolute Gasteiger partial charge is 0.219 e. The van der Waals surface area contributed by atoms with Crippen molar-refractivity contribution < 1.29 is 9.59 Å². The lowest BCUT2D eigenvalue weighted by Gasteiger charge is -2.29. The lowest BCUT2D eigenvalue weighted by molar-refractivity contribution is -0.119. The van der Waals surface area contributed by atoms with Gasteiger partial charge in [0.15, 0.2) is 5.78 Å². The predicted octanol–water partition coefficient (Wildman–Crippen LogP) is 2.53. The van der Waals surface area contributed by atoms with Gasteiger partial charge in [-0.2, -0.15) is 0 Å². The molecule has 1 unspecified atom stereocenters. The third-order valence-electron chi connectivity index (χ3n) is 3.27. The maximum atomic E-state index is 12.0. The van der Waals surface area contributed by atoms with Crippen molar-refractivity contribution in [1.29, 1.82) is 0 Å². The van der Waals surface area contributed by atoms with Crippen LogP contribution in [0.2, 0.25) is 0 Å². The molecule has 0 aromatic carbocycles. The van der Waals surface area contributed by atoms with Crippen LogP contribution in [0.1, 0.15) is 48.9 Å². The fourth-order valence-corrected chi connectivity index (χ4v) is 2.78. The zero-order chi connectivity index (χ0) is 15.0. The van der Waals surface area contributed by atoms with Gasteiger partial charge in [-0.15, -0.1) is 11.6 Å². The van der Waals surface area contributed by atoms with E-state index >= 15 is 0 Å². The fraction of sp³-hybridized carbons (Fsp3) is 0.571. The number of hydrogen-bond donors (Lipinski definition) is 1. The van der Waals surface area contributed by atoms with Crippen LogP contribution in [-0.2, 0) is 10.3 Å². The highest BCUT2D eigenvalue weighted by molar-refractivity contribution is 6.33. The van der Waals surface area contributed by atoms with Gasteiger partial charge in [0, 0.05) is 28.9 Å². The zero-order valence-corrected chi connectivity index (χ0v) is 12.8. The Morgan fingerprint density at radius 3 is 2.37 bits per heavy atom. The maximum Gasteiger partial charge on any atom is 0.219 e. The van der Waals surface area contributed by atoms with E-state index in [2.05, 4.69) is 0 Å². The third-order valence-corrected chi connectivity index (χ3v) is 3.47. The van der Waals surface area contributed by atoms with Gasteiger partial charge in [-0.1, -0.05) is 0 Å². The Kier molecular flexibility index (Phi) is 4.46. The summed E-state index contributed by atoms with van der Waals surface area (Å²) in [5.74, 6) is -0.466. The fourth-order valence-electron chi connectivity index (χ4n) is 2.66. The Balaban J connectivity index is 3.31. The second kappa shape index (κ2) is 5.37. The minimum atomic E-state index is -0.562. The molecule has 4 nitrogen and oxygen atoms in total. The number of amides is 1. The van der Waals surface area contributed by atoms with E-state index in [4.69, 9.17) is 17.3 Å². The molecule has 1 aromatic rings. The number of ketones is 1. The lowest BCUT2D eigenvalue weighted by atomic mass is 9.99. The second-order valence-electron chi connectivity index (χ2n) is 5.56. The number of Topliss-reactive ketones (excluding diaryl/α,β-unsaturated/α-hetero) is 1. The van der Waals surface area contributed by atoms with E-state index in [1.807, 2.05) is 38.3 Å². The number of hydrogen-bond acceptors (Lipinski definition) is 2. The average Bonchev–Trinajstić information content (AvgIpc) is 2.51. The summed E-state index contributed by atoms with van der Waals surface area (Å²) in [6.45, 7) is 9.28. The molecule has 1 rings (SSSR count). The van der Waals surface area contributed by atoms with Crippen molar-refractivity contribution in [2.75, 3.05) is 0 Å². The van der Waals surface area contributed by atoms with Crippen LogP contribution >= 0.6 is 11.6 Å². The van der Waals surface area contributed by atoms with Crippen molar-refractivity contribution in [1.82, 2.24) is 4.57 Å². The van der Waals surface area contributed by atoms with Gasteiger partial charge in [-0.3, -0.25) is 9.59 Å². The summed E-state index contributed by atoms with van der Waals surface area (Å²) < 4.78 is 1.98. The molecule has 0 saturated heterocycles. The molecule has 2 N–H and O–H groups in total. The van der Waals surface area contributed by atoms with Crippen LogP contribution < -0.4 is 5.73 Å². The Hall–Kier alpha value is -1.29. The highest BCUT2D eigenvalue weighted by atomic mass is 35.5. The number of rotatable bonds is 5. The Bertz CT molecular complexity index is 516. The van der Waals surface area contributed by atoms with E-state index in [0.29, 0.717) is 5.56 Å². The summed E-state index contributed by atoms with van der Waals surface area (Å²) in [5.41, 5.74) is 7.18. The largest absolute Gasteiger partial charge is 0.370 e. The number of alkyl halides is 1. The highest BCUT2D eigenvalue weighted by Gasteiger charge is 2.29. The molecule has 0 spiro atoms. The minimum absolute atomic E-state index is 0.101. The first-order chi connectivity index (χ1) is 8.58. The van der Waals surface area contributed by atoms with Crippen LogP contribution in [0.4, 0.5) is 0 Å². The van der Waals surface area contributed by atoms with E-state index < -0.39 is 10.9 Å². The SMILES string of the molecule is Cc1cc(C(=O)C(C)Cl)c(C)n1C(C)(C)CC(N)=O. The van der Waals surface area contributed by atoms with Gasteiger partial charge in [0.1, 0.15) is 0 Å². The molecule has 1 amide bonds. The predicted molar refractivity (Wildman–Crippen MR) is 76.7 cm³/mol. The molecule has 0 bridgehead atoms. The first-order valence-corrected chi connectivity index (χ1v) is 6.67. The Labute approximate surface area is 118 Å². The zero-order valence-electron chi connectivity index (χ0n) is 12.1. The van der Waals surface area contributed by atoms with Crippen LogP contribution in [0.5, 0.6) is 0 Å². The van der Waals surface area contributed by atoms with Crippen molar-refractivity contribution >= 4 is 23.3 Å². The van der Waals surface area contributed by atoms with Gasteiger partial charge in [0.25, 0.3) is 0 Å². The number of primary amides is 1. The lowest BCUT2D eigenvalue weighted by Crippen LogP contribution is -2.33. The van der Waals surface area contributed by atoms with E-state index in [1.54, 1.807) is 6.92 Å². The topological polar surface area (TPSA) is 65.1 Å². The molecular formula is C14H21ClN2O2. The van der Waals surface area contributed by atoms with E-state index in [0.717, 1.165) is 11.4 Å². The number of halogens is 1. The average molecular weight is 285 g/mol. The molecule has 5 heteroatoms. The molecule has 0 aliphatic rings. The van der Waals surface area contributed by atoms with Crippen LogP contribution in [-0.4, -0.2) is 21.6 Å². The summed E-state index contributed by atoms with van der Waals surface area (Å²) in [7, 11) is 0. The molecule has 1 atom stereocenters. The first-order valence-electron chi connectivity index (χ1n) is 6.24. The van der Waals surface area contributed by atoms with Crippen LogP contribution in [0, 0.1) is 13.8 Å². The van der Waals surface area contributed by atoms with Crippen molar-refractivity contribution in [2.24, 2.45) is 5.73 Å². The Morgan fingerprint density at radius 1 is 1.42 bits per heavy atom. The van der Waals surface area contributed by atoms with Crippen molar-refractivity contribution in [3.8, 4) is 0 Å². The maximum absolute atomic E-state index is 12.0. The second-order valence-corrected chi connectivity index (χ2v) is 6.21. The summed E-state index contributed by atoms with van der Waals surface area (Å²) in [6.07, 6.45) is 0.216. The normalized spacial score (nSPS) is 13.4. The molecular weight excluding hydrogens is 264 g/mol. The van der Waals surface area contributed by atoms with Gasteiger partial charge in [-0.05, 0) is 40.7 Å². The summed E-state index contributed by atoms with van der Waals surface area (Å²) in [5, 5.41) is -0.562. The van der Waals surface area contributed by atoms with E-state index in [1.165, 1.54) is 0 Å². The number of nitrogens with two attached hydrogens (primary N) is 1. The molecule has 1 heterocycles. The van der Waals surface area contributed by atoms with Gasteiger partial charge in [0.2, 0.25) is 5.91 Å². The number of aromatic nitrogens is 1. The van der Waals surface area contributed by atoms with Crippen molar-refractivity contribution in [3.05, 3.63) is 23.0 Å². The number of aryl methyl sites for hydroxylation is 1. The van der Waals surface area contributed by atoms with Crippen LogP contribution in [0.25, 0.3) is 0 Å². The molecule has 19 heavy (non-hydrogen) atoms. The highest BCUT2D eigenvalue weighted by Crippen LogP contribution is 2.28. The molecule has 0 saturated carbocycles. The number of nitrogens with zero attached hydrogens (tertiary/aromatic N) is 1. The van der Waals surface area contributed by atoms with Crippen molar-refractivity contribution in [2.45, 2.75) is 52.0 Å². The summed E-state index contributed by atoms with van der Waals surface area (Å²) >= 11 is 5.86. The van der Waals surface area contributed by atoms with Gasteiger partial charge in [-0.25, -0.2) is 0 Å². The number of carbonyl (C=O) groups excluding carboxylic acids is 2. The van der Waals surface area contributed by atoms with E-state index in [-0.39, 0.29) is 18.1 Å². The molecule has 0 fully saturated rings. The monoisotopic (exact) mass is 284 g/mol. The minimum Gasteiger partial charge on any atom is -0.370 e. The molecule has 0 aliphatic carbocycles. The molecule has 106 valence electrons. The van der Waals surface area contributed by atoms with Gasteiger partial charge >= 0.3 is 0 Å².